The molecule has 4 aliphatic heterocycles. The number of nitrogens with one attached hydrogen (secondary N) is 2. The molecule has 53 heavy (non-hydrogen) atoms. The molecular weight excluding hydrogens is 766 g/mol. The van der Waals surface area contributed by atoms with Crippen molar-refractivity contribution < 1.29 is 29.3 Å². The van der Waals surface area contributed by atoms with E-state index in [4.69, 9.17) is 55.9 Å². The van der Waals surface area contributed by atoms with E-state index in [0.717, 1.165) is 22.5 Å². The van der Waals surface area contributed by atoms with Crippen LogP contribution in [0.5, 0.6) is 0 Å². The first-order valence-electron chi connectivity index (χ1n) is 16.6. The van der Waals surface area contributed by atoms with Gasteiger partial charge >= 0.3 is 0 Å². The van der Waals surface area contributed by atoms with Crippen LogP contribution < -0.4 is 10.6 Å². The van der Waals surface area contributed by atoms with Gasteiger partial charge in [0.2, 0.25) is 11.8 Å². The Morgan fingerprint density at radius 3 is 1.43 bits per heavy atom. The molecule has 8 heterocycles. The van der Waals surface area contributed by atoms with E-state index < -0.39 is 36.3 Å². The third-order valence-corrected chi connectivity index (χ3v) is 11.4. The molecule has 12 nitrogen and oxygen atoms in total. The van der Waals surface area contributed by atoms with Gasteiger partial charge in [0.1, 0.15) is 10.3 Å². The molecule has 0 spiro atoms. The summed E-state index contributed by atoms with van der Waals surface area (Å²) in [5.74, 6) is -1.69. The van der Waals surface area contributed by atoms with Gasteiger partial charge in [0.25, 0.3) is 0 Å². The number of hydrogen-bond donors (Lipinski definition) is 4. The molecule has 4 aromatic heterocycles. The molecule has 0 unspecified atom stereocenters. The average molecular weight is 805 g/mol. The second-order valence-corrected chi connectivity index (χ2v) is 15.0. The maximum atomic E-state index is 13.0. The fourth-order valence-electron chi connectivity index (χ4n) is 7.86. The van der Waals surface area contributed by atoms with Crippen LogP contribution in [0.1, 0.15) is 54.6 Å². The molecule has 0 saturated carbocycles. The number of aryl methyl sites for hydroxylation is 2. The minimum absolute atomic E-state index is 0. The Bertz CT molecular complexity index is 1870. The van der Waals surface area contributed by atoms with E-state index in [1.807, 2.05) is 38.1 Å². The number of ether oxygens (including phenoxy) is 2. The number of rotatable bonds is 6. The molecule has 280 valence electrons. The van der Waals surface area contributed by atoms with Crippen molar-refractivity contribution in [3.05, 3.63) is 104 Å². The molecule has 16 heteroatoms. The van der Waals surface area contributed by atoms with Crippen LogP contribution in [0.3, 0.4) is 0 Å². The summed E-state index contributed by atoms with van der Waals surface area (Å²) in [5, 5.41) is 27.1. The van der Waals surface area contributed by atoms with Crippen LogP contribution in [0.4, 0.5) is 11.4 Å². The summed E-state index contributed by atoms with van der Waals surface area (Å²) in [4.78, 5) is 42.3. The number of nitrogens with zero attached hydrogens (tertiary/aromatic N) is 4. The second kappa shape index (κ2) is 16.1. The van der Waals surface area contributed by atoms with E-state index in [2.05, 4.69) is 30.6 Å². The Morgan fingerprint density at radius 2 is 1.08 bits per heavy atom. The van der Waals surface area contributed by atoms with Gasteiger partial charge in [-0.05, 0) is 61.4 Å². The second-order valence-electron chi connectivity index (χ2n) is 13.4. The molecule has 4 saturated heterocycles. The Balaban J connectivity index is 0.000000178. The summed E-state index contributed by atoms with van der Waals surface area (Å²) >= 11 is 23.6. The van der Waals surface area contributed by atoms with Crippen molar-refractivity contribution in [2.24, 2.45) is 11.8 Å². The van der Waals surface area contributed by atoms with Gasteiger partial charge in [0, 0.05) is 48.5 Å². The first kappa shape index (κ1) is 39.2. The molecule has 10 atom stereocenters. The first-order chi connectivity index (χ1) is 24.9. The predicted octanol–water partition coefficient (Wildman–Crippen LogP) is 6.56. The summed E-state index contributed by atoms with van der Waals surface area (Å²) in [6, 6.07) is 10.7. The smallest absolute Gasteiger partial charge is 0.230 e. The number of hydrogen-bond acceptors (Lipinski definition) is 10. The van der Waals surface area contributed by atoms with Gasteiger partial charge in [-0.15, -0.1) is 0 Å². The fourth-order valence-corrected chi connectivity index (χ4v) is 8.40. The van der Waals surface area contributed by atoms with Crippen LogP contribution in [-0.2, 0) is 19.1 Å². The van der Waals surface area contributed by atoms with Crippen LogP contribution >= 0.6 is 46.4 Å². The summed E-state index contributed by atoms with van der Waals surface area (Å²) in [6.07, 6.45) is 4.63. The number of pyridine rings is 4. The summed E-state index contributed by atoms with van der Waals surface area (Å²) in [5.41, 5.74) is 4.53. The van der Waals surface area contributed by atoms with Crippen molar-refractivity contribution in [3.63, 3.8) is 0 Å². The van der Waals surface area contributed by atoms with Gasteiger partial charge in [-0.25, -0.2) is 9.97 Å². The van der Waals surface area contributed by atoms with Crippen molar-refractivity contribution in [1.29, 1.82) is 0 Å². The summed E-state index contributed by atoms with van der Waals surface area (Å²) in [7, 11) is 0. The van der Waals surface area contributed by atoms with E-state index >= 15 is 0 Å². The monoisotopic (exact) mass is 802 g/mol. The molecule has 0 aliphatic carbocycles. The Kier molecular flexibility index (Phi) is 11.9. The first-order valence-corrected chi connectivity index (χ1v) is 18.1. The number of halogens is 4. The highest BCUT2D eigenvalue weighted by molar-refractivity contribution is 6.41. The van der Waals surface area contributed by atoms with Crippen molar-refractivity contribution in [1.82, 2.24) is 19.9 Å². The Labute approximate surface area is 326 Å². The third kappa shape index (κ3) is 8.01. The molecule has 4 bridgehead atoms. The zero-order chi connectivity index (χ0) is 36.8. The van der Waals surface area contributed by atoms with Gasteiger partial charge in [0.05, 0.1) is 82.3 Å². The number of aliphatic hydroxyl groups is 2. The highest BCUT2D eigenvalue weighted by atomic mass is 35.5. The van der Waals surface area contributed by atoms with E-state index in [1.54, 1.807) is 24.5 Å². The van der Waals surface area contributed by atoms with Gasteiger partial charge in [-0.3, -0.25) is 19.6 Å². The third-order valence-electron chi connectivity index (χ3n) is 10.00. The molecule has 2 amide bonds. The van der Waals surface area contributed by atoms with Gasteiger partial charge in [0.15, 0.2) is 0 Å². The molecule has 8 rings (SSSR count). The molecule has 4 N–H and O–H groups in total. The van der Waals surface area contributed by atoms with Gasteiger partial charge in [-0.2, -0.15) is 0 Å². The molecule has 4 aromatic rings. The minimum atomic E-state index is -0.575. The zero-order valence-electron chi connectivity index (χ0n) is 27.8. The van der Waals surface area contributed by atoms with Crippen LogP contribution in [-0.4, -0.2) is 78.6 Å². The van der Waals surface area contributed by atoms with E-state index in [9.17, 15) is 19.8 Å². The quantitative estimate of drug-likeness (QED) is 0.157. The number of fused-ring (bicyclic) bond motifs is 4. The fraction of sp³-hybridized carbons (Fsp3) is 0.405. The van der Waals surface area contributed by atoms with Crippen LogP contribution in [0.25, 0.3) is 0 Å². The summed E-state index contributed by atoms with van der Waals surface area (Å²) in [6.45, 7) is 3.79. The molecule has 0 radical (unpaired) electrons. The molecular formula is C37H38Cl4N6O6. The van der Waals surface area contributed by atoms with E-state index in [-0.39, 0.29) is 63.6 Å². The van der Waals surface area contributed by atoms with Crippen molar-refractivity contribution in [2.45, 2.75) is 82.6 Å². The highest BCUT2D eigenvalue weighted by Gasteiger charge is 2.58. The highest BCUT2D eigenvalue weighted by Crippen LogP contribution is 2.50. The lowest BCUT2D eigenvalue weighted by molar-refractivity contribution is -0.122. The van der Waals surface area contributed by atoms with Crippen LogP contribution in [0.15, 0.2) is 61.2 Å². The SMILES string of the molecule is C.Cc1cc([C@@H]2[C@@H]3O[C@@H](C[C@H]3O)[C@H]2C(=O)Nc2cnc(Cl)c(Cl)c2)ccn1.Cc1cc([C@H]2[C@H]3O[C@H](C[C@@H]3O)[C@@H]2C(=O)Nc2cnc(Cl)c(Cl)c2)ccn1. The van der Waals surface area contributed by atoms with Crippen molar-refractivity contribution >= 4 is 69.6 Å². The van der Waals surface area contributed by atoms with Crippen LogP contribution in [0.2, 0.25) is 20.4 Å². The predicted molar refractivity (Wildman–Crippen MR) is 201 cm³/mol. The van der Waals surface area contributed by atoms with Gasteiger partial charge < -0.3 is 30.3 Å². The topological polar surface area (TPSA) is 169 Å². The Morgan fingerprint density at radius 1 is 0.679 bits per heavy atom. The maximum absolute atomic E-state index is 13.0. The molecule has 4 fully saturated rings. The van der Waals surface area contributed by atoms with Crippen molar-refractivity contribution in [3.8, 4) is 0 Å². The largest absolute Gasteiger partial charge is 0.390 e. The average Bonchev–Trinajstić information content (AvgIpc) is 3.87. The normalized spacial score (nSPS) is 29.2. The lowest BCUT2D eigenvalue weighted by Crippen LogP contribution is -2.41. The minimum Gasteiger partial charge on any atom is -0.390 e. The number of anilines is 2. The zero-order valence-corrected chi connectivity index (χ0v) is 30.8. The Hall–Kier alpha value is -3.46. The molecule has 4 aliphatic rings. The number of amides is 2. The lowest BCUT2D eigenvalue weighted by atomic mass is 9.74. The lowest BCUT2D eigenvalue weighted by Gasteiger charge is -2.30. The van der Waals surface area contributed by atoms with Crippen molar-refractivity contribution in [2.75, 3.05) is 10.6 Å². The molecule has 0 aromatic carbocycles. The summed E-state index contributed by atoms with van der Waals surface area (Å²) < 4.78 is 11.8. The van der Waals surface area contributed by atoms with Gasteiger partial charge in [-0.1, -0.05) is 53.8 Å². The number of aromatic nitrogens is 4. The maximum Gasteiger partial charge on any atom is 0.230 e. The van der Waals surface area contributed by atoms with Crippen LogP contribution in [0, 0.1) is 25.7 Å². The van der Waals surface area contributed by atoms with E-state index in [0.29, 0.717) is 24.2 Å². The van der Waals surface area contributed by atoms with E-state index in [1.165, 1.54) is 12.4 Å². The standard InChI is InChI=1S/2C18H17Cl2N3O3.CH4/c2*1-8-4-9(2-3-21-8)14-15(13-6-12(24)16(14)26-13)18(25)23-10-5-11(19)17(20)22-7-10;/h2*2-5,7,12-16,24H,6H2,1H3,(H,23,25);1H4/t2*12-,13+,14+,15-,16-;/m10./s1. The number of aliphatic hydroxyl groups excluding tert-OH is 2. The number of carbonyl (C=O) groups is 2. The number of carbonyl (C=O) groups excluding carboxylic acids is 2.